The molecule has 0 saturated carbocycles. The number of fused-ring (bicyclic) bond motifs is 1. The summed E-state index contributed by atoms with van der Waals surface area (Å²) in [6.45, 7) is 5.32. The highest BCUT2D eigenvalue weighted by atomic mass is 16.2. The van der Waals surface area contributed by atoms with Gasteiger partial charge in [-0.15, -0.1) is 0 Å². The second-order valence-corrected chi connectivity index (χ2v) is 5.39. The number of rotatable bonds is 2. The fourth-order valence-corrected chi connectivity index (χ4v) is 1.96. The van der Waals surface area contributed by atoms with Crippen molar-refractivity contribution in [1.82, 2.24) is 0 Å². The summed E-state index contributed by atoms with van der Waals surface area (Å²) in [6.07, 6.45) is 2.60. The van der Waals surface area contributed by atoms with Gasteiger partial charge in [-0.1, -0.05) is 51.1 Å². The highest BCUT2D eigenvalue weighted by molar-refractivity contribution is 6.55. The number of carbonyl (C=O) groups is 2. The third kappa shape index (κ3) is 2.07. The second kappa shape index (κ2) is 3.95. The lowest BCUT2D eigenvalue weighted by Crippen LogP contribution is -2.29. The monoisotopic (exact) mass is 228 g/mol. The normalized spacial score (nSPS) is 14.2. The molecular formula is C15H16O2. The van der Waals surface area contributed by atoms with Gasteiger partial charge in [0.2, 0.25) is 11.6 Å². The molecule has 0 bridgehead atoms. The van der Waals surface area contributed by atoms with Crippen LogP contribution in [0.4, 0.5) is 0 Å². The molecule has 2 nitrogen and oxygen atoms in total. The Balaban J connectivity index is 2.33. The average Bonchev–Trinajstić information content (AvgIpc) is 2.69. The molecule has 0 spiro atoms. The van der Waals surface area contributed by atoms with Gasteiger partial charge in [0.25, 0.3) is 0 Å². The molecular weight excluding hydrogens is 212 g/mol. The van der Waals surface area contributed by atoms with Gasteiger partial charge in [0, 0.05) is 11.0 Å². The molecule has 0 aliphatic heterocycles. The van der Waals surface area contributed by atoms with Gasteiger partial charge < -0.3 is 0 Å². The van der Waals surface area contributed by atoms with E-state index in [-0.39, 0.29) is 11.6 Å². The number of Topliss-reactive ketones (excluding diaryl/α,β-unsaturated/α-hetero) is 2. The van der Waals surface area contributed by atoms with Crippen molar-refractivity contribution in [3.63, 3.8) is 0 Å². The highest BCUT2D eigenvalue weighted by Gasteiger charge is 2.32. The van der Waals surface area contributed by atoms with E-state index in [4.69, 9.17) is 0 Å². The summed E-state index contributed by atoms with van der Waals surface area (Å²) < 4.78 is 0. The summed E-state index contributed by atoms with van der Waals surface area (Å²) in [5.41, 5.74) is 1.99. The first kappa shape index (κ1) is 11.8. The van der Waals surface area contributed by atoms with Crippen LogP contribution in [0.1, 0.15) is 31.9 Å². The summed E-state index contributed by atoms with van der Waals surface area (Å²) in [6, 6.07) is 7.74. The topological polar surface area (TPSA) is 34.1 Å². The Labute approximate surface area is 101 Å². The maximum absolute atomic E-state index is 12.1. The average molecular weight is 228 g/mol. The molecule has 0 amide bonds. The lowest BCUT2D eigenvalue weighted by Gasteiger charge is -2.15. The molecule has 1 aliphatic rings. The molecule has 0 radical (unpaired) electrons. The van der Waals surface area contributed by atoms with Gasteiger partial charge in [-0.3, -0.25) is 9.59 Å². The van der Waals surface area contributed by atoms with E-state index >= 15 is 0 Å². The zero-order valence-corrected chi connectivity index (χ0v) is 10.4. The van der Waals surface area contributed by atoms with Gasteiger partial charge >= 0.3 is 0 Å². The fourth-order valence-electron chi connectivity index (χ4n) is 1.96. The number of hydrogen-bond donors (Lipinski definition) is 0. The van der Waals surface area contributed by atoms with Crippen molar-refractivity contribution < 1.29 is 9.59 Å². The SMILES string of the molecule is CC(C)(C)C(=O)C(=O)C1=CCc2ccccc21. The van der Waals surface area contributed by atoms with Crippen LogP contribution in [-0.4, -0.2) is 11.6 Å². The van der Waals surface area contributed by atoms with Crippen molar-refractivity contribution in [3.05, 3.63) is 41.5 Å². The Hall–Kier alpha value is -1.70. The van der Waals surface area contributed by atoms with Gasteiger partial charge in [-0.25, -0.2) is 0 Å². The summed E-state index contributed by atoms with van der Waals surface area (Å²) in [4.78, 5) is 24.1. The molecule has 1 aliphatic carbocycles. The van der Waals surface area contributed by atoms with Crippen molar-refractivity contribution in [3.8, 4) is 0 Å². The van der Waals surface area contributed by atoms with Gasteiger partial charge in [0.15, 0.2) is 0 Å². The van der Waals surface area contributed by atoms with Crippen molar-refractivity contribution in [1.29, 1.82) is 0 Å². The Kier molecular flexibility index (Phi) is 2.74. The number of allylic oxidation sites excluding steroid dienone is 2. The minimum absolute atomic E-state index is 0.319. The highest BCUT2D eigenvalue weighted by Crippen LogP contribution is 2.30. The predicted octanol–water partition coefficient (Wildman–Crippen LogP) is 2.81. The molecule has 0 fully saturated rings. The van der Waals surface area contributed by atoms with Crippen molar-refractivity contribution in [2.45, 2.75) is 27.2 Å². The summed E-state index contributed by atoms with van der Waals surface area (Å²) in [5, 5.41) is 0. The quantitative estimate of drug-likeness (QED) is 0.729. The van der Waals surface area contributed by atoms with Gasteiger partial charge in [-0.05, 0) is 17.5 Å². The van der Waals surface area contributed by atoms with Crippen LogP contribution in [0, 0.1) is 5.41 Å². The van der Waals surface area contributed by atoms with Crippen molar-refractivity contribution in [2.75, 3.05) is 0 Å². The van der Waals surface area contributed by atoms with Crippen LogP contribution in [0.5, 0.6) is 0 Å². The van der Waals surface area contributed by atoms with E-state index in [0.717, 1.165) is 17.5 Å². The molecule has 0 atom stereocenters. The van der Waals surface area contributed by atoms with Crippen LogP contribution in [-0.2, 0) is 16.0 Å². The number of hydrogen-bond acceptors (Lipinski definition) is 2. The molecule has 1 aromatic rings. The summed E-state index contributed by atoms with van der Waals surface area (Å²) in [7, 11) is 0. The molecule has 0 aromatic heterocycles. The molecule has 17 heavy (non-hydrogen) atoms. The lowest BCUT2D eigenvalue weighted by molar-refractivity contribution is -0.138. The maximum atomic E-state index is 12.1. The standard InChI is InChI=1S/C15H16O2/c1-15(2,3)14(17)13(16)12-9-8-10-6-4-5-7-11(10)12/h4-7,9H,8H2,1-3H3. The molecule has 1 aromatic carbocycles. The fraction of sp³-hybridized carbons (Fsp3) is 0.333. The smallest absolute Gasteiger partial charge is 0.229 e. The number of ketones is 2. The van der Waals surface area contributed by atoms with Crippen LogP contribution in [0.2, 0.25) is 0 Å². The summed E-state index contributed by atoms with van der Waals surface area (Å²) in [5.74, 6) is -0.678. The predicted molar refractivity (Wildman–Crippen MR) is 67.6 cm³/mol. The van der Waals surface area contributed by atoms with E-state index in [1.165, 1.54) is 0 Å². The van der Waals surface area contributed by atoms with E-state index in [1.807, 2.05) is 30.3 Å². The molecule has 88 valence electrons. The summed E-state index contributed by atoms with van der Waals surface area (Å²) >= 11 is 0. The first-order valence-corrected chi connectivity index (χ1v) is 5.79. The molecule has 2 heteroatoms. The maximum Gasteiger partial charge on any atom is 0.229 e. The van der Waals surface area contributed by atoms with E-state index < -0.39 is 5.41 Å². The van der Waals surface area contributed by atoms with Crippen LogP contribution in [0.3, 0.4) is 0 Å². The molecule has 0 heterocycles. The Bertz CT molecular complexity index is 516. The Morgan fingerprint density at radius 3 is 2.41 bits per heavy atom. The molecule has 0 saturated heterocycles. The van der Waals surface area contributed by atoms with Gasteiger partial charge in [-0.2, -0.15) is 0 Å². The Morgan fingerprint density at radius 1 is 1.12 bits per heavy atom. The van der Waals surface area contributed by atoms with Gasteiger partial charge in [0.1, 0.15) is 0 Å². The molecule has 0 unspecified atom stereocenters. The molecule has 0 N–H and O–H groups in total. The first-order valence-electron chi connectivity index (χ1n) is 5.79. The minimum Gasteiger partial charge on any atom is -0.290 e. The van der Waals surface area contributed by atoms with Crippen LogP contribution >= 0.6 is 0 Å². The van der Waals surface area contributed by atoms with E-state index in [0.29, 0.717) is 5.57 Å². The van der Waals surface area contributed by atoms with E-state index in [2.05, 4.69) is 0 Å². The van der Waals surface area contributed by atoms with Crippen LogP contribution < -0.4 is 0 Å². The lowest BCUT2D eigenvalue weighted by atomic mass is 9.85. The minimum atomic E-state index is -0.616. The largest absolute Gasteiger partial charge is 0.290 e. The van der Waals surface area contributed by atoms with Crippen LogP contribution in [0.15, 0.2) is 30.3 Å². The third-order valence-corrected chi connectivity index (χ3v) is 2.97. The Morgan fingerprint density at radius 2 is 1.76 bits per heavy atom. The third-order valence-electron chi connectivity index (χ3n) is 2.97. The van der Waals surface area contributed by atoms with E-state index in [9.17, 15) is 9.59 Å². The van der Waals surface area contributed by atoms with Crippen LogP contribution in [0.25, 0.3) is 5.57 Å². The number of carbonyl (C=O) groups excluding carboxylic acids is 2. The zero-order valence-electron chi connectivity index (χ0n) is 10.4. The molecule has 2 rings (SSSR count). The zero-order chi connectivity index (χ0) is 12.6. The van der Waals surface area contributed by atoms with Gasteiger partial charge in [0.05, 0.1) is 0 Å². The second-order valence-electron chi connectivity index (χ2n) is 5.39. The first-order chi connectivity index (χ1) is 7.91. The number of benzene rings is 1. The van der Waals surface area contributed by atoms with Crippen molar-refractivity contribution in [2.24, 2.45) is 5.41 Å². The van der Waals surface area contributed by atoms with E-state index in [1.54, 1.807) is 20.8 Å². The van der Waals surface area contributed by atoms with Crippen molar-refractivity contribution >= 4 is 17.1 Å².